The van der Waals surface area contributed by atoms with Crippen molar-refractivity contribution in [3.8, 4) is 6.07 Å². The monoisotopic (exact) mass is 362 g/mol. The first-order valence-electron chi connectivity index (χ1n) is 7.00. The van der Waals surface area contributed by atoms with E-state index in [1.54, 1.807) is 0 Å². The molecule has 0 bridgehead atoms. The van der Waals surface area contributed by atoms with E-state index in [0.29, 0.717) is 27.9 Å². The van der Waals surface area contributed by atoms with E-state index >= 15 is 0 Å². The summed E-state index contributed by atoms with van der Waals surface area (Å²) in [5, 5.41) is 11.2. The van der Waals surface area contributed by atoms with E-state index in [-0.39, 0.29) is 5.56 Å². The predicted molar refractivity (Wildman–Crippen MR) is 88.4 cm³/mol. The first kappa shape index (κ1) is 18.4. The van der Waals surface area contributed by atoms with Gasteiger partial charge in [-0.2, -0.15) is 14.0 Å². The molecule has 0 radical (unpaired) electrons. The third-order valence-corrected chi connectivity index (χ3v) is 3.67. The Kier molecular flexibility index (Phi) is 6.48. The van der Waals surface area contributed by atoms with Crippen molar-refractivity contribution in [3.63, 3.8) is 0 Å². The maximum atomic E-state index is 12.2. The highest BCUT2D eigenvalue weighted by molar-refractivity contribution is 7.99. The average Bonchev–Trinajstić information content (AvgIpc) is 2.61. The first-order valence-corrected chi connectivity index (χ1v) is 7.88. The van der Waals surface area contributed by atoms with Crippen molar-refractivity contribution in [2.24, 2.45) is 0 Å². The third kappa shape index (κ3) is 5.90. The molecule has 0 saturated heterocycles. The normalized spacial score (nSPS) is 10.2. The number of nitrogens with zero attached hydrogens (tertiary/aromatic N) is 1. The Morgan fingerprint density at radius 2 is 1.76 bits per heavy atom. The molecule has 2 aromatic carbocycles. The number of esters is 1. The van der Waals surface area contributed by atoms with Crippen LogP contribution in [0.2, 0.25) is 0 Å². The van der Waals surface area contributed by atoms with Crippen LogP contribution in [0.1, 0.15) is 15.9 Å². The molecule has 25 heavy (non-hydrogen) atoms. The van der Waals surface area contributed by atoms with Gasteiger partial charge in [-0.1, -0.05) is 11.8 Å². The molecule has 0 heterocycles. The summed E-state index contributed by atoms with van der Waals surface area (Å²) in [7, 11) is 0. The minimum absolute atomic E-state index is 0.222. The fourth-order valence-electron chi connectivity index (χ4n) is 1.81. The lowest BCUT2D eigenvalue weighted by molar-refractivity contribution is -0.119. The summed E-state index contributed by atoms with van der Waals surface area (Å²) in [4.78, 5) is 23.9. The van der Waals surface area contributed by atoms with E-state index in [9.17, 15) is 18.4 Å². The van der Waals surface area contributed by atoms with Gasteiger partial charge in [0.2, 0.25) is 0 Å². The Morgan fingerprint density at radius 1 is 1.12 bits per heavy atom. The number of rotatable bonds is 6. The minimum Gasteiger partial charge on any atom is -0.452 e. The zero-order chi connectivity index (χ0) is 18.2. The highest BCUT2D eigenvalue weighted by atomic mass is 32.2. The second-order valence-corrected chi connectivity index (χ2v) is 5.78. The molecular formula is C17H12F2N2O3S. The van der Waals surface area contributed by atoms with Crippen LogP contribution in [0.3, 0.4) is 0 Å². The summed E-state index contributed by atoms with van der Waals surface area (Å²) in [6.07, 6.45) is 0. The van der Waals surface area contributed by atoms with E-state index in [1.807, 2.05) is 6.07 Å². The number of nitriles is 1. The number of hydrogen-bond acceptors (Lipinski definition) is 5. The van der Waals surface area contributed by atoms with Gasteiger partial charge < -0.3 is 10.1 Å². The summed E-state index contributed by atoms with van der Waals surface area (Å²) >= 11 is 0.405. The van der Waals surface area contributed by atoms with Gasteiger partial charge in [-0.3, -0.25) is 4.79 Å². The lowest BCUT2D eigenvalue weighted by Crippen LogP contribution is -2.20. The fourth-order valence-corrected chi connectivity index (χ4v) is 2.31. The van der Waals surface area contributed by atoms with Crippen LogP contribution >= 0.6 is 11.8 Å². The molecule has 2 rings (SSSR count). The standard InChI is InChI=1S/C17H12F2N2O3S/c18-17(19)25-14-7-5-13(6-8-14)21-15(22)10-24-16(23)12-3-1-11(9-20)2-4-12/h1-8,17H,10H2,(H,21,22). The molecule has 0 fully saturated rings. The summed E-state index contributed by atoms with van der Waals surface area (Å²) in [5.41, 5.74) is 1.03. The molecule has 0 aliphatic rings. The van der Waals surface area contributed by atoms with Crippen molar-refractivity contribution in [3.05, 3.63) is 59.7 Å². The number of anilines is 1. The maximum Gasteiger partial charge on any atom is 0.338 e. The van der Waals surface area contributed by atoms with Gasteiger partial charge in [-0.15, -0.1) is 0 Å². The number of halogens is 2. The van der Waals surface area contributed by atoms with E-state index in [4.69, 9.17) is 10.00 Å². The molecule has 0 aliphatic heterocycles. The third-order valence-electron chi connectivity index (χ3n) is 2.95. The molecule has 0 aliphatic carbocycles. The predicted octanol–water partition coefficient (Wildman–Crippen LogP) is 3.67. The van der Waals surface area contributed by atoms with Crippen molar-refractivity contribution in [2.45, 2.75) is 10.7 Å². The van der Waals surface area contributed by atoms with Crippen LogP contribution in [0.15, 0.2) is 53.4 Å². The van der Waals surface area contributed by atoms with Gasteiger partial charge in [0.1, 0.15) is 0 Å². The zero-order valence-corrected chi connectivity index (χ0v) is 13.6. The van der Waals surface area contributed by atoms with Crippen molar-refractivity contribution in [1.29, 1.82) is 5.26 Å². The van der Waals surface area contributed by atoms with E-state index in [1.165, 1.54) is 48.5 Å². The molecule has 0 aromatic heterocycles. The Bertz CT molecular complexity index is 787. The van der Waals surface area contributed by atoms with Crippen LogP contribution in [-0.4, -0.2) is 24.2 Å². The molecule has 1 amide bonds. The maximum absolute atomic E-state index is 12.2. The van der Waals surface area contributed by atoms with Gasteiger partial charge in [0, 0.05) is 10.6 Å². The van der Waals surface area contributed by atoms with Crippen LogP contribution in [0.5, 0.6) is 0 Å². The average molecular weight is 362 g/mol. The Morgan fingerprint density at radius 3 is 2.32 bits per heavy atom. The smallest absolute Gasteiger partial charge is 0.338 e. The molecule has 1 N–H and O–H groups in total. The molecule has 0 atom stereocenters. The van der Waals surface area contributed by atoms with E-state index in [2.05, 4.69) is 5.32 Å². The lowest BCUT2D eigenvalue weighted by Gasteiger charge is -2.07. The molecule has 8 heteroatoms. The van der Waals surface area contributed by atoms with Crippen LogP contribution in [0.25, 0.3) is 0 Å². The summed E-state index contributed by atoms with van der Waals surface area (Å²) in [6.45, 7) is -0.494. The van der Waals surface area contributed by atoms with Crippen LogP contribution in [-0.2, 0) is 9.53 Å². The van der Waals surface area contributed by atoms with Gasteiger partial charge in [0.25, 0.3) is 11.7 Å². The van der Waals surface area contributed by atoms with Crippen molar-refractivity contribution >= 4 is 29.3 Å². The number of thioether (sulfide) groups is 1. The van der Waals surface area contributed by atoms with E-state index in [0.717, 1.165) is 0 Å². The number of benzene rings is 2. The van der Waals surface area contributed by atoms with Crippen LogP contribution in [0.4, 0.5) is 14.5 Å². The van der Waals surface area contributed by atoms with Crippen LogP contribution < -0.4 is 5.32 Å². The lowest BCUT2D eigenvalue weighted by atomic mass is 10.1. The van der Waals surface area contributed by atoms with Gasteiger partial charge in [0.15, 0.2) is 6.61 Å². The van der Waals surface area contributed by atoms with Crippen molar-refractivity contribution < 1.29 is 23.1 Å². The summed E-state index contributed by atoms with van der Waals surface area (Å²) < 4.78 is 29.3. The highest BCUT2D eigenvalue weighted by Gasteiger charge is 2.11. The van der Waals surface area contributed by atoms with Gasteiger partial charge in [-0.05, 0) is 48.5 Å². The number of alkyl halides is 2. The largest absolute Gasteiger partial charge is 0.452 e. The highest BCUT2D eigenvalue weighted by Crippen LogP contribution is 2.26. The number of nitrogens with one attached hydrogen (secondary N) is 1. The second-order valence-electron chi connectivity index (χ2n) is 4.72. The second kappa shape index (κ2) is 8.80. The summed E-state index contributed by atoms with van der Waals surface area (Å²) in [6, 6.07) is 13.6. The fraction of sp³-hybridized carbons (Fsp3) is 0.118. The molecule has 128 valence electrons. The van der Waals surface area contributed by atoms with Crippen molar-refractivity contribution in [1.82, 2.24) is 0 Å². The number of ether oxygens (including phenoxy) is 1. The zero-order valence-electron chi connectivity index (χ0n) is 12.7. The molecule has 0 unspecified atom stereocenters. The summed E-state index contributed by atoms with van der Waals surface area (Å²) in [5.74, 6) is -3.76. The molecule has 0 spiro atoms. The molecular weight excluding hydrogens is 350 g/mol. The Balaban J connectivity index is 1.83. The van der Waals surface area contributed by atoms with Gasteiger partial charge in [0.05, 0.1) is 17.2 Å². The SMILES string of the molecule is N#Cc1ccc(C(=O)OCC(=O)Nc2ccc(SC(F)F)cc2)cc1. The topological polar surface area (TPSA) is 79.2 Å². The molecule has 2 aromatic rings. The quantitative estimate of drug-likeness (QED) is 0.627. The van der Waals surface area contributed by atoms with E-state index < -0.39 is 24.2 Å². The Labute approximate surface area is 146 Å². The van der Waals surface area contributed by atoms with Crippen molar-refractivity contribution in [2.75, 3.05) is 11.9 Å². The Hall–Kier alpha value is -2.92. The minimum atomic E-state index is -2.51. The number of carbonyl (C=O) groups is 2. The molecule has 0 saturated carbocycles. The molecule has 5 nitrogen and oxygen atoms in total. The van der Waals surface area contributed by atoms with Crippen LogP contribution in [0, 0.1) is 11.3 Å². The van der Waals surface area contributed by atoms with Gasteiger partial charge >= 0.3 is 5.97 Å². The van der Waals surface area contributed by atoms with Gasteiger partial charge in [-0.25, -0.2) is 4.79 Å². The number of amides is 1. The number of carbonyl (C=O) groups excluding carboxylic acids is 2. The number of hydrogen-bond donors (Lipinski definition) is 1. The first-order chi connectivity index (χ1) is 12.0.